The van der Waals surface area contributed by atoms with E-state index in [4.69, 9.17) is 17.3 Å². The lowest BCUT2D eigenvalue weighted by Gasteiger charge is -2.51. The third kappa shape index (κ3) is 4.21. The van der Waals surface area contributed by atoms with Crippen LogP contribution in [0.2, 0.25) is 5.02 Å². The number of nitrogens with two attached hydrogens (primary N) is 1. The fourth-order valence-corrected chi connectivity index (χ4v) is 7.77. The number of aliphatic hydroxyl groups is 3. The van der Waals surface area contributed by atoms with Gasteiger partial charge in [0.1, 0.15) is 22.8 Å². The summed E-state index contributed by atoms with van der Waals surface area (Å²) < 4.78 is 0. The zero-order chi connectivity index (χ0) is 29.1. The molecule has 0 heterocycles. The van der Waals surface area contributed by atoms with Gasteiger partial charge in [-0.1, -0.05) is 35.9 Å². The second-order valence-corrected chi connectivity index (χ2v) is 12.1. The maximum absolute atomic E-state index is 14.1. The molecule has 1 fully saturated rings. The van der Waals surface area contributed by atoms with Gasteiger partial charge in [-0.2, -0.15) is 11.8 Å². The number of Topliss-reactive ketones (excluding diaryl/α,β-unsaturated/α-hetero) is 2. The molecule has 0 aromatic heterocycles. The predicted molar refractivity (Wildman–Crippen MR) is 151 cm³/mol. The molecular formula is C29H29ClN2O7S. The van der Waals surface area contributed by atoms with Gasteiger partial charge in [-0.3, -0.25) is 19.3 Å². The number of carbonyl (C=O) groups excluding carboxylic acids is 3. The highest BCUT2D eigenvalue weighted by Gasteiger charge is 2.65. The summed E-state index contributed by atoms with van der Waals surface area (Å²) in [6.07, 6.45) is 0.0353. The normalized spacial score (nSPS) is 27.9. The molecular weight excluding hydrogens is 556 g/mol. The smallest absolute Gasteiger partial charge is 0.255 e. The van der Waals surface area contributed by atoms with E-state index >= 15 is 0 Å². The van der Waals surface area contributed by atoms with Crippen LogP contribution in [0.15, 0.2) is 59.4 Å². The first-order chi connectivity index (χ1) is 18.9. The average Bonchev–Trinajstić information content (AvgIpc) is 2.88. The van der Waals surface area contributed by atoms with Gasteiger partial charge in [0.25, 0.3) is 5.91 Å². The first-order valence-corrected chi connectivity index (χ1v) is 14.2. The van der Waals surface area contributed by atoms with Crippen LogP contribution in [0.4, 0.5) is 0 Å². The lowest BCUT2D eigenvalue weighted by Crippen LogP contribution is -2.66. The summed E-state index contributed by atoms with van der Waals surface area (Å²) in [6.45, 7) is 0. The van der Waals surface area contributed by atoms with Gasteiger partial charge in [0.2, 0.25) is 5.78 Å². The fourth-order valence-electron chi connectivity index (χ4n) is 6.43. The molecule has 1 amide bonds. The van der Waals surface area contributed by atoms with Crippen LogP contribution in [0.3, 0.4) is 0 Å². The summed E-state index contributed by atoms with van der Waals surface area (Å²) in [4.78, 5) is 41.1. The van der Waals surface area contributed by atoms with Gasteiger partial charge < -0.3 is 26.2 Å². The molecule has 11 heteroatoms. The van der Waals surface area contributed by atoms with Crippen molar-refractivity contribution < 1.29 is 34.8 Å². The predicted octanol–water partition coefficient (Wildman–Crippen LogP) is 3.09. The summed E-state index contributed by atoms with van der Waals surface area (Å²) in [5.74, 6) is -5.97. The number of halogens is 1. The summed E-state index contributed by atoms with van der Waals surface area (Å²) in [5, 5.41) is 45.5. The number of likely N-dealkylation sites (N-methyl/N-ethyl adjacent to an activating group) is 1. The van der Waals surface area contributed by atoms with E-state index in [1.165, 1.54) is 11.0 Å². The van der Waals surface area contributed by atoms with Gasteiger partial charge >= 0.3 is 0 Å². The van der Waals surface area contributed by atoms with Crippen LogP contribution in [0.5, 0.6) is 5.75 Å². The molecule has 3 aliphatic carbocycles. The number of hydrogen-bond acceptors (Lipinski definition) is 9. The number of ketones is 2. The molecule has 5 atom stereocenters. The van der Waals surface area contributed by atoms with Crippen molar-refractivity contribution >= 4 is 46.6 Å². The molecule has 3 aliphatic rings. The summed E-state index contributed by atoms with van der Waals surface area (Å²) in [6, 6.07) is 11.1. The van der Waals surface area contributed by atoms with Crippen molar-refractivity contribution in [2.75, 3.05) is 19.8 Å². The molecule has 40 heavy (non-hydrogen) atoms. The fraction of sp³-hybridized carbons (Fsp3) is 0.345. The molecule has 5 rings (SSSR count). The second kappa shape index (κ2) is 10.3. The third-order valence-electron chi connectivity index (χ3n) is 8.23. The van der Waals surface area contributed by atoms with Gasteiger partial charge in [-0.15, -0.1) is 0 Å². The standard InChI is InChI=1S/C29H29ClN2O7S/c1-32(2)23-18-10-16-17(12-40-11-13-6-8-14(30)9-7-13)15-4-3-5-19(33)20(15)24(34)21(16)26(36)29(18,39)27(37)22(25(23)35)28(31)38/h3-9,16-18,23,33-34,37,39H,10-12H2,1-2H3,(H2,31,38). The maximum atomic E-state index is 14.1. The number of carbonyl (C=O) groups is 3. The number of aromatic hydroxyl groups is 1. The van der Waals surface area contributed by atoms with Crippen molar-refractivity contribution in [1.29, 1.82) is 0 Å². The van der Waals surface area contributed by atoms with E-state index in [9.17, 15) is 34.8 Å². The summed E-state index contributed by atoms with van der Waals surface area (Å²) in [7, 11) is 3.15. The van der Waals surface area contributed by atoms with E-state index in [1.54, 1.807) is 50.1 Å². The second-order valence-electron chi connectivity index (χ2n) is 10.7. The number of phenolic OH excluding ortho intramolecular Hbond substituents is 1. The largest absolute Gasteiger partial charge is 0.508 e. The minimum absolute atomic E-state index is 0.0353. The Morgan fingerprint density at radius 1 is 1.12 bits per heavy atom. The molecule has 0 spiro atoms. The molecule has 2 aromatic rings. The van der Waals surface area contributed by atoms with E-state index in [0.717, 1.165) is 5.56 Å². The zero-order valence-corrected chi connectivity index (χ0v) is 23.4. The quantitative estimate of drug-likeness (QED) is 0.321. The third-order valence-corrected chi connectivity index (χ3v) is 9.62. The van der Waals surface area contributed by atoms with Crippen LogP contribution in [-0.4, -0.2) is 74.3 Å². The van der Waals surface area contributed by atoms with Gasteiger partial charge in [0, 0.05) is 33.9 Å². The number of fused-ring (bicyclic) bond motifs is 3. The van der Waals surface area contributed by atoms with Crippen molar-refractivity contribution in [3.8, 4) is 5.75 Å². The number of thioether (sulfide) groups is 1. The summed E-state index contributed by atoms with van der Waals surface area (Å²) >= 11 is 7.59. The Morgan fingerprint density at radius 3 is 2.42 bits per heavy atom. The number of aliphatic hydroxyl groups excluding tert-OH is 2. The van der Waals surface area contributed by atoms with Crippen LogP contribution in [0, 0.1) is 11.8 Å². The molecule has 210 valence electrons. The monoisotopic (exact) mass is 584 g/mol. The van der Waals surface area contributed by atoms with Gasteiger partial charge in [0.15, 0.2) is 11.4 Å². The SMILES string of the molecule is CN(C)C1C(=O)C(C(N)=O)=C(O)C2(O)C(=O)C3=C(O)c4c(O)cccc4C(CSCc4ccc(Cl)cc4)C3CC12. The van der Waals surface area contributed by atoms with Crippen LogP contribution in [0.25, 0.3) is 5.76 Å². The van der Waals surface area contributed by atoms with Crippen molar-refractivity contribution in [1.82, 2.24) is 4.90 Å². The Morgan fingerprint density at radius 2 is 1.80 bits per heavy atom. The van der Waals surface area contributed by atoms with Crippen molar-refractivity contribution in [2.45, 2.75) is 29.7 Å². The molecule has 5 unspecified atom stereocenters. The van der Waals surface area contributed by atoms with E-state index in [2.05, 4.69) is 0 Å². The Kier molecular flexibility index (Phi) is 7.24. The lowest BCUT2D eigenvalue weighted by molar-refractivity contribution is -0.154. The molecule has 2 aromatic carbocycles. The van der Waals surface area contributed by atoms with Crippen LogP contribution in [-0.2, 0) is 20.1 Å². The van der Waals surface area contributed by atoms with Crippen LogP contribution < -0.4 is 5.73 Å². The van der Waals surface area contributed by atoms with Gasteiger partial charge in [0.05, 0.1) is 11.6 Å². The van der Waals surface area contributed by atoms with Gasteiger partial charge in [-0.25, -0.2) is 0 Å². The molecule has 9 nitrogen and oxygen atoms in total. The van der Waals surface area contributed by atoms with Gasteiger partial charge in [-0.05, 0) is 55.8 Å². The number of benzene rings is 2. The van der Waals surface area contributed by atoms with Crippen molar-refractivity contribution in [3.05, 3.63) is 81.1 Å². The van der Waals surface area contributed by atoms with E-state index < -0.39 is 58.0 Å². The Bertz CT molecular complexity index is 1490. The first-order valence-electron chi connectivity index (χ1n) is 12.7. The molecule has 0 radical (unpaired) electrons. The highest BCUT2D eigenvalue weighted by molar-refractivity contribution is 7.98. The van der Waals surface area contributed by atoms with Crippen LogP contribution in [0.1, 0.15) is 29.0 Å². The first kappa shape index (κ1) is 28.2. The Labute approximate surface area is 239 Å². The Balaban J connectivity index is 1.62. The Hall–Kier alpha value is -3.31. The number of rotatable bonds is 6. The number of phenols is 1. The van der Waals surface area contributed by atoms with Crippen LogP contribution >= 0.6 is 23.4 Å². The minimum Gasteiger partial charge on any atom is -0.508 e. The maximum Gasteiger partial charge on any atom is 0.255 e. The number of nitrogens with zero attached hydrogens (tertiary/aromatic N) is 1. The summed E-state index contributed by atoms with van der Waals surface area (Å²) in [5.41, 5.74) is 3.47. The molecule has 1 saturated carbocycles. The number of hydrogen-bond donors (Lipinski definition) is 5. The highest BCUT2D eigenvalue weighted by atomic mass is 35.5. The highest BCUT2D eigenvalue weighted by Crippen LogP contribution is 2.56. The topological polar surface area (TPSA) is 161 Å². The zero-order valence-electron chi connectivity index (χ0n) is 21.8. The molecule has 0 aliphatic heterocycles. The lowest BCUT2D eigenvalue weighted by atomic mass is 9.55. The van der Waals surface area contributed by atoms with Crippen molar-refractivity contribution in [2.24, 2.45) is 17.6 Å². The number of amides is 1. The van der Waals surface area contributed by atoms with Crippen molar-refractivity contribution in [3.63, 3.8) is 0 Å². The van der Waals surface area contributed by atoms with E-state index in [0.29, 0.717) is 22.1 Å². The number of primary amides is 1. The average molecular weight is 585 g/mol. The molecule has 0 bridgehead atoms. The minimum atomic E-state index is -2.67. The molecule has 0 saturated heterocycles. The van der Waals surface area contributed by atoms with E-state index in [1.807, 2.05) is 12.1 Å². The van der Waals surface area contributed by atoms with E-state index in [-0.39, 0.29) is 29.2 Å². The molecule has 6 N–H and O–H groups in total.